The Kier molecular flexibility index (Phi) is 11.4. The largest absolute Gasteiger partial charge is 0.480 e. The summed E-state index contributed by atoms with van der Waals surface area (Å²) in [5.74, 6) is -3.67. The molecule has 10 nitrogen and oxygen atoms in total. The van der Waals surface area contributed by atoms with E-state index in [9.17, 15) is 29.4 Å². The fourth-order valence-electron chi connectivity index (χ4n) is 2.47. The molecule has 0 saturated heterocycles. The molecule has 12 heteroatoms. The second-order valence-corrected chi connectivity index (χ2v) is 7.57. The number of aliphatic hydroxyl groups excluding tert-OH is 1. The lowest BCUT2D eigenvalue weighted by Crippen LogP contribution is -2.59. The molecule has 0 spiro atoms. The van der Waals surface area contributed by atoms with Gasteiger partial charge in [-0.2, -0.15) is 25.3 Å². The molecule has 1 aromatic carbocycles. The number of carbonyl (C=O) groups excluding carboxylic acids is 3. The number of hydrogen-bond donors (Lipinski definition) is 8. The zero-order valence-electron chi connectivity index (χ0n) is 16.9. The summed E-state index contributed by atoms with van der Waals surface area (Å²) in [6.07, 6.45) is -1.07. The molecule has 31 heavy (non-hydrogen) atoms. The lowest BCUT2D eigenvalue weighted by atomic mass is 10.1. The molecule has 0 saturated carbocycles. The number of nitrogens with two attached hydrogens (primary N) is 1. The maximum atomic E-state index is 12.5. The van der Waals surface area contributed by atoms with Gasteiger partial charge >= 0.3 is 5.97 Å². The van der Waals surface area contributed by atoms with E-state index in [4.69, 9.17) is 5.73 Å². The molecule has 5 unspecified atom stereocenters. The van der Waals surface area contributed by atoms with E-state index in [2.05, 4.69) is 41.2 Å². The molecule has 0 fully saturated rings. The molecule has 0 bridgehead atoms. The number of rotatable bonds is 12. The number of aliphatic carboxylic acids is 1. The van der Waals surface area contributed by atoms with Gasteiger partial charge in [-0.15, -0.1) is 0 Å². The maximum Gasteiger partial charge on any atom is 0.326 e. The van der Waals surface area contributed by atoms with Gasteiger partial charge in [0.05, 0.1) is 6.10 Å². The number of carboxylic acids is 1. The molecule has 7 N–H and O–H groups in total. The summed E-state index contributed by atoms with van der Waals surface area (Å²) in [4.78, 5) is 48.6. The number of benzene rings is 1. The van der Waals surface area contributed by atoms with E-state index >= 15 is 0 Å². The normalized spacial score (nSPS) is 15.6. The Bertz CT molecular complexity index is 765. The Morgan fingerprint density at radius 3 is 1.77 bits per heavy atom. The first-order chi connectivity index (χ1) is 14.6. The van der Waals surface area contributed by atoms with E-state index in [0.717, 1.165) is 0 Å². The Balaban J connectivity index is 2.77. The van der Waals surface area contributed by atoms with Gasteiger partial charge in [0, 0.05) is 17.9 Å². The van der Waals surface area contributed by atoms with Crippen LogP contribution >= 0.6 is 25.3 Å². The average Bonchev–Trinajstić information content (AvgIpc) is 2.74. The number of hydrogen-bond acceptors (Lipinski definition) is 8. The lowest BCUT2D eigenvalue weighted by molar-refractivity contribution is -0.142. The van der Waals surface area contributed by atoms with Crippen LogP contribution in [0.1, 0.15) is 12.5 Å². The van der Waals surface area contributed by atoms with Crippen molar-refractivity contribution in [2.24, 2.45) is 5.73 Å². The van der Waals surface area contributed by atoms with Crippen LogP contribution in [-0.2, 0) is 25.6 Å². The van der Waals surface area contributed by atoms with Crippen molar-refractivity contribution >= 4 is 48.9 Å². The summed E-state index contributed by atoms with van der Waals surface area (Å²) in [6, 6.07) is 4.02. The van der Waals surface area contributed by atoms with E-state index in [1.54, 1.807) is 30.3 Å². The first-order valence-electron chi connectivity index (χ1n) is 9.43. The van der Waals surface area contributed by atoms with Crippen LogP contribution in [-0.4, -0.2) is 75.7 Å². The van der Waals surface area contributed by atoms with Gasteiger partial charge in [0.25, 0.3) is 0 Å². The van der Waals surface area contributed by atoms with Crippen molar-refractivity contribution in [1.29, 1.82) is 0 Å². The Morgan fingerprint density at radius 1 is 0.903 bits per heavy atom. The third-order valence-corrected chi connectivity index (χ3v) is 5.08. The van der Waals surface area contributed by atoms with Crippen molar-refractivity contribution in [3.63, 3.8) is 0 Å². The van der Waals surface area contributed by atoms with Crippen molar-refractivity contribution in [2.45, 2.75) is 43.6 Å². The fraction of sp³-hybridized carbons (Fsp3) is 0.474. The molecule has 0 aliphatic carbocycles. The third-order valence-electron chi connectivity index (χ3n) is 4.35. The van der Waals surface area contributed by atoms with Crippen molar-refractivity contribution in [3.8, 4) is 0 Å². The van der Waals surface area contributed by atoms with Crippen LogP contribution < -0.4 is 21.7 Å². The average molecular weight is 473 g/mol. The van der Waals surface area contributed by atoms with Crippen LogP contribution in [0.3, 0.4) is 0 Å². The Morgan fingerprint density at radius 2 is 1.35 bits per heavy atom. The highest BCUT2D eigenvalue weighted by molar-refractivity contribution is 7.80. The number of carbonyl (C=O) groups is 4. The minimum atomic E-state index is -1.24. The Labute approximate surface area is 191 Å². The third kappa shape index (κ3) is 8.77. The summed E-state index contributed by atoms with van der Waals surface area (Å²) >= 11 is 8.06. The van der Waals surface area contributed by atoms with Crippen LogP contribution in [0.2, 0.25) is 0 Å². The van der Waals surface area contributed by atoms with Crippen LogP contribution in [0.4, 0.5) is 0 Å². The van der Waals surface area contributed by atoms with Gasteiger partial charge in [-0.05, 0) is 12.5 Å². The summed E-state index contributed by atoms with van der Waals surface area (Å²) in [5.41, 5.74) is 6.25. The van der Waals surface area contributed by atoms with E-state index in [-0.39, 0.29) is 17.9 Å². The second-order valence-electron chi connectivity index (χ2n) is 6.84. The fourth-order valence-corrected chi connectivity index (χ4v) is 2.98. The van der Waals surface area contributed by atoms with Gasteiger partial charge in [0.15, 0.2) is 0 Å². The van der Waals surface area contributed by atoms with Gasteiger partial charge in [-0.25, -0.2) is 4.79 Å². The molecule has 5 atom stereocenters. The molecule has 1 rings (SSSR count). The summed E-state index contributed by atoms with van der Waals surface area (Å²) < 4.78 is 0. The summed E-state index contributed by atoms with van der Waals surface area (Å²) in [5, 5.41) is 26.0. The summed E-state index contributed by atoms with van der Waals surface area (Å²) in [6.45, 7) is 1.33. The van der Waals surface area contributed by atoms with Crippen molar-refractivity contribution < 1.29 is 29.4 Å². The van der Waals surface area contributed by atoms with Crippen LogP contribution in [0.25, 0.3) is 0 Å². The van der Waals surface area contributed by atoms with Gasteiger partial charge in [-0.3, -0.25) is 14.4 Å². The number of carboxylic acid groups (broad SMARTS) is 1. The van der Waals surface area contributed by atoms with E-state index in [1.165, 1.54) is 6.92 Å². The highest BCUT2D eigenvalue weighted by Crippen LogP contribution is 2.04. The molecular weight excluding hydrogens is 444 g/mol. The molecule has 0 aliphatic heterocycles. The Hall–Kier alpha value is -2.28. The SMILES string of the molecule is CC(O)C(N)C(=O)NC(CS)C(=O)NC(CS)C(=O)NC(Cc1ccccc1)C(=O)O. The quantitative estimate of drug-likeness (QED) is 0.168. The minimum Gasteiger partial charge on any atom is -0.480 e. The van der Waals surface area contributed by atoms with Crippen molar-refractivity contribution in [3.05, 3.63) is 35.9 Å². The molecule has 1 aromatic rings. The predicted molar refractivity (Wildman–Crippen MR) is 121 cm³/mol. The second kappa shape index (κ2) is 13.2. The van der Waals surface area contributed by atoms with Crippen LogP contribution in [0, 0.1) is 0 Å². The monoisotopic (exact) mass is 472 g/mol. The van der Waals surface area contributed by atoms with Gasteiger partial charge in [0.1, 0.15) is 24.2 Å². The molecular formula is C19H28N4O6S2. The number of thiol groups is 2. The molecule has 172 valence electrons. The lowest BCUT2D eigenvalue weighted by Gasteiger charge is -2.24. The first kappa shape index (κ1) is 26.8. The summed E-state index contributed by atoms with van der Waals surface area (Å²) in [7, 11) is 0. The number of nitrogens with one attached hydrogen (secondary N) is 3. The zero-order valence-corrected chi connectivity index (χ0v) is 18.7. The number of aliphatic hydroxyl groups is 1. The highest BCUT2D eigenvalue weighted by atomic mass is 32.1. The maximum absolute atomic E-state index is 12.5. The van der Waals surface area contributed by atoms with Gasteiger partial charge < -0.3 is 31.9 Å². The predicted octanol–water partition coefficient (Wildman–Crippen LogP) is -1.66. The minimum absolute atomic E-state index is 0.0572. The molecule has 0 heterocycles. The van der Waals surface area contributed by atoms with Gasteiger partial charge in [0.2, 0.25) is 17.7 Å². The molecule has 0 radical (unpaired) electrons. The van der Waals surface area contributed by atoms with Crippen LogP contribution in [0.5, 0.6) is 0 Å². The van der Waals surface area contributed by atoms with Crippen LogP contribution in [0.15, 0.2) is 30.3 Å². The standard InChI is InChI=1S/C19H28N4O6S2/c1-10(24)15(20)18(27)23-14(9-31)17(26)22-13(8-30)16(25)21-12(19(28)29)7-11-5-3-2-4-6-11/h2-6,10,12-15,24,30-31H,7-9,20H2,1H3,(H,21,25)(H,22,26)(H,23,27)(H,28,29). The smallest absolute Gasteiger partial charge is 0.326 e. The topological polar surface area (TPSA) is 171 Å². The molecule has 3 amide bonds. The zero-order chi connectivity index (χ0) is 23.6. The molecule has 0 aliphatic rings. The van der Waals surface area contributed by atoms with Crippen molar-refractivity contribution in [1.82, 2.24) is 16.0 Å². The highest BCUT2D eigenvalue weighted by Gasteiger charge is 2.30. The van der Waals surface area contributed by atoms with Crippen molar-refractivity contribution in [2.75, 3.05) is 11.5 Å². The molecule has 0 aromatic heterocycles. The number of amides is 3. The van der Waals surface area contributed by atoms with E-state index < -0.39 is 54.0 Å². The van der Waals surface area contributed by atoms with E-state index in [1.807, 2.05) is 0 Å². The van der Waals surface area contributed by atoms with Gasteiger partial charge in [-0.1, -0.05) is 30.3 Å². The van der Waals surface area contributed by atoms with E-state index in [0.29, 0.717) is 5.56 Å². The first-order valence-corrected chi connectivity index (χ1v) is 10.7.